The Bertz CT molecular complexity index is 431. The zero-order valence-electron chi connectivity index (χ0n) is 9.30. The van der Waals surface area contributed by atoms with Crippen molar-refractivity contribution in [2.75, 3.05) is 0 Å². The number of fused-ring (bicyclic) bond motifs is 1. The van der Waals surface area contributed by atoms with Gasteiger partial charge in [-0.05, 0) is 35.1 Å². The first kappa shape index (κ1) is 11.5. The van der Waals surface area contributed by atoms with E-state index in [1.807, 2.05) is 13.8 Å². The summed E-state index contributed by atoms with van der Waals surface area (Å²) in [5.41, 5.74) is 6.59. The highest BCUT2D eigenvalue weighted by molar-refractivity contribution is 5.40. The van der Waals surface area contributed by atoms with Crippen LogP contribution in [0.15, 0.2) is 12.1 Å². The van der Waals surface area contributed by atoms with Crippen molar-refractivity contribution < 1.29 is 13.9 Å². The minimum atomic E-state index is -0.917. The van der Waals surface area contributed by atoms with Crippen molar-refractivity contribution in [3.8, 4) is 0 Å². The molecule has 0 aromatic heterocycles. The highest BCUT2D eigenvalue weighted by atomic mass is 19.2. The standard InChI is InChI=1S/C12H15F2NO/c1-12(2)5-10(16)11(15)6-3-8(13)9(14)4-7(6)12/h3-4,10-11,16H,5,15H2,1-2H3/t10?,11-/m0/s1. The van der Waals surface area contributed by atoms with E-state index in [9.17, 15) is 13.9 Å². The Balaban J connectivity index is 2.64. The number of benzene rings is 1. The lowest BCUT2D eigenvalue weighted by Crippen LogP contribution is -2.40. The molecule has 4 heteroatoms. The predicted octanol–water partition coefficient (Wildman–Crippen LogP) is 2.01. The minimum absolute atomic E-state index is 0.390. The molecule has 1 aromatic carbocycles. The maximum absolute atomic E-state index is 13.2. The molecule has 0 saturated carbocycles. The van der Waals surface area contributed by atoms with Crippen LogP contribution in [0.4, 0.5) is 8.78 Å². The molecular weight excluding hydrogens is 212 g/mol. The normalized spacial score (nSPS) is 27.6. The molecule has 0 saturated heterocycles. The van der Waals surface area contributed by atoms with Crippen molar-refractivity contribution in [2.45, 2.75) is 37.8 Å². The van der Waals surface area contributed by atoms with Gasteiger partial charge in [0.25, 0.3) is 0 Å². The first-order chi connectivity index (χ1) is 7.33. The molecule has 0 bridgehead atoms. The van der Waals surface area contributed by atoms with Crippen molar-refractivity contribution in [1.82, 2.24) is 0 Å². The molecule has 0 spiro atoms. The van der Waals surface area contributed by atoms with Crippen molar-refractivity contribution in [1.29, 1.82) is 0 Å². The third-order valence-electron chi connectivity index (χ3n) is 3.31. The number of halogens is 2. The van der Waals surface area contributed by atoms with Gasteiger partial charge in [-0.3, -0.25) is 0 Å². The van der Waals surface area contributed by atoms with E-state index in [1.54, 1.807) is 0 Å². The molecule has 0 fully saturated rings. The van der Waals surface area contributed by atoms with Gasteiger partial charge < -0.3 is 10.8 Å². The Morgan fingerprint density at radius 2 is 1.88 bits per heavy atom. The summed E-state index contributed by atoms with van der Waals surface area (Å²) >= 11 is 0. The smallest absolute Gasteiger partial charge is 0.159 e. The van der Waals surface area contributed by atoms with E-state index in [1.165, 1.54) is 6.07 Å². The van der Waals surface area contributed by atoms with Crippen LogP contribution in [0, 0.1) is 11.6 Å². The molecule has 16 heavy (non-hydrogen) atoms. The molecule has 88 valence electrons. The van der Waals surface area contributed by atoms with Crippen molar-refractivity contribution in [2.24, 2.45) is 5.73 Å². The lowest BCUT2D eigenvalue weighted by Gasteiger charge is -2.39. The molecule has 2 atom stereocenters. The van der Waals surface area contributed by atoms with Crippen LogP contribution >= 0.6 is 0 Å². The highest BCUT2D eigenvalue weighted by Gasteiger charge is 2.37. The average Bonchev–Trinajstić information content (AvgIpc) is 2.17. The Labute approximate surface area is 93.1 Å². The van der Waals surface area contributed by atoms with Gasteiger partial charge in [0.15, 0.2) is 11.6 Å². The molecule has 0 heterocycles. The van der Waals surface area contributed by atoms with Gasteiger partial charge >= 0.3 is 0 Å². The van der Waals surface area contributed by atoms with Crippen LogP contribution in [0.1, 0.15) is 37.4 Å². The molecule has 2 nitrogen and oxygen atoms in total. The fourth-order valence-electron chi connectivity index (χ4n) is 2.39. The van der Waals surface area contributed by atoms with Gasteiger partial charge in [-0.15, -0.1) is 0 Å². The second-order valence-electron chi connectivity index (χ2n) is 5.03. The summed E-state index contributed by atoms with van der Waals surface area (Å²) in [7, 11) is 0. The number of aliphatic hydroxyl groups excluding tert-OH is 1. The van der Waals surface area contributed by atoms with Crippen molar-refractivity contribution >= 4 is 0 Å². The largest absolute Gasteiger partial charge is 0.391 e. The number of rotatable bonds is 0. The summed E-state index contributed by atoms with van der Waals surface area (Å²) in [6.07, 6.45) is -0.265. The molecular formula is C12H15F2NO. The average molecular weight is 227 g/mol. The van der Waals surface area contributed by atoms with Crippen LogP contribution in [-0.2, 0) is 5.41 Å². The van der Waals surface area contributed by atoms with E-state index in [2.05, 4.69) is 0 Å². The van der Waals surface area contributed by atoms with Crippen LogP contribution in [0.3, 0.4) is 0 Å². The SMILES string of the molecule is CC1(C)CC(O)[C@@H](N)c2cc(F)c(F)cc21. The van der Waals surface area contributed by atoms with E-state index >= 15 is 0 Å². The van der Waals surface area contributed by atoms with E-state index in [0.717, 1.165) is 6.07 Å². The predicted molar refractivity (Wildman–Crippen MR) is 56.9 cm³/mol. The van der Waals surface area contributed by atoms with E-state index in [0.29, 0.717) is 17.5 Å². The molecule has 0 radical (unpaired) electrons. The minimum Gasteiger partial charge on any atom is -0.391 e. The Morgan fingerprint density at radius 1 is 1.31 bits per heavy atom. The summed E-state index contributed by atoms with van der Waals surface area (Å²) in [5.74, 6) is -1.78. The monoisotopic (exact) mass is 227 g/mol. The quantitative estimate of drug-likeness (QED) is 0.712. The number of hydrogen-bond acceptors (Lipinski definition) is 2. The second kappa shape index (κ2) is 3.50. The molecule has 1 aliphatic rings. The van der Waals surface area contributed by atoms with Crippen molar-refractivity contribution in [3.63, 3.8) is 0 Å². The molecule has 0 amide bonds. The van der Waals surface area contributed by atoms with E-state index < -0.39 is 23.8 Å². The molecule has 1 unspecified atom stereocenters. The van der Waals surface area contributed by atoms with Gasteiger partial charge in [0.2, 0.25) is 0 Å². The summed E-state index contributed by atoms with van der Waals surface area (Å²) < 4.78 is 26.3. The number of hydrogen-bond donors (Lipinski definition) is 2. The van der Waals surface area contributed by atoms with Gasteiger partial charge in [0.1, 0.15) is 0 Å². The van der Waals surface area contributed by atoms with Gasteiger partial charge in [0, 0.05) is 0 Å². The van der Waals surface area contributed by atoms with E-state index in [4.69, 9.17) is 5.73 Å². The lowest BCUT2D eigenvalue weighted by atomic mass is 9.70. The number of nitrogens with two attached hydrogens (primary N) is 1. The molecule has 1 aromatic rings. The van der Waals surface area contributed by atoms with Gasteiger partial charge in [-0.1, -0.05) is 13.8 Å². The summed E-state index contributed by atoms with van der Waals surface area (Å²) in [6.45, 7) is 3.77. The maximum Gasteiger partial charge on any atom is 0.159 e. The molecule has 0 aliphatic heterocycles. The van der Waals surface area contributed by atoms with E-state index in [-0.39, 0.29) is 5.41 Å². The summed E-state index contributed by atoms with van der Waals surface area (Å²) in [6, 6.07) is 1.65. The van der Waals surface area contributed by atoms with Crippen LogP contribution in [0.2, 0.25) is 0 Å². The fraction of sp³-hybridized carbons (Fsp3) is 0.500. The fourth-order valence-corrected chi connectivity index (χ4v) is 2.39. The Hall–Kier alpha value is -1.00. The van der Waals surface area contributed by atoms with Crippen LogP contribution in [0.25, 0.3) is 0 Å². The molecule has 3 N–H and O–H groups in total. The lowest BCUT2D eigenvalue weighted by molar-refractivity contribution is 0.0990. The zero-order chi connectivity index (χ0) is 12.1. The third kappa shape index (κ3) is 1.62. The van der Waals surface area contributed by atoms with Gasteiger partial charge in [-0.2, -0.15) is 0 Å². The first-order valence-corrected chi connectivity index (χ1v) is 5.26. The van der Waals surface area contributed by atoms with Gasteiger partial charge in [-0.25, -0.2) is 8.78 Å². The van der Waals surface area contributed by atoms with Crippen molar-refractivity contribution in [3.05, 3.63) is 34.9 Å². The molecule has 1 aliphatic carbocycles. The Morgan fingerprint density at radius 3 is 2.50 bits per heavy atom. The van der Waals surface area contributed by atoms with Crippen LogP contribution < -0.4 is 5.73 Å². The number of aliphatic hydroxyl groups is 1. The second-order valence-corrected chi connectivity index (χ2v) is 5.03. The van der Waals surface area contributed by atoms with Crippen LogP contribution in [0.5, 0.6) is 0 Å². The Kier molecular flexibility index (Phi) is 2.51. The van der Waals surface area contributed by atoms with Gasteiger partial charge in [0.05, 0.1) is 12.1 Å². The molecule has 2 rings (SSSR count). The summed E-state index contributed by atoms with van der Waals surface area (Å²) in [4.78, 5) is 0. The zero-order valence-corrected chi connectivity index (χ0v) is 9.30. The van der Waals surface area contributed by atoms with Crippen LogP contribution in [-0.4, -0.2) is 11.2 Å². The maximum atomic E-state index is 13.2. The first-order valence-electron chi connectivity index (χ1n) is 5.26. The topological polar surface area (TPSA) is 46.2 Å². The highest BCUT2D eigenvalue weighted by Crippen LogP contribution is 2.41. The summed E-state index contributed by atoms with van der Waals surface area (Å²) in [5, 5.41) is 9.78. The third-order valence-corrected chi connectivity index (χ3v) is 3.31.